The lowest BCUT2D eigenvalue weighted by Gasteiger charge is -2.15. The van der Waals surface area contributed by atoms with E-state index < -0.39 is 0 Å². The minimum Gasteiger partial charge on any atom is -0.374 e. The van der Waals surface area contributed by atoms with Crippen LogP contribution in [-0.2, 0) is 11.3 Å². The van der Waals surface area contributed by atoms with Crippen molar-refractivity contribution in [3.8, 4) is 0 Å². The minimum absolute atomic E-state index is 0.290. The van der Waals surface area contributed by atoms with Crippen molar-refractivity contribution in [2.75, 3.05) is 0 Å². The largest absolute Gasteiger partial charge is 0.374 e. The summed E-state index contributed by atoms with van der Waals surface area (Å²) in [5.41, 5.74) is 1.23. The van der Waals surface area contributed by atoms with Crippen LogP contribution >= 0.6 is 0 Å². The fourth-order valence-electron chi connectivity index (χ4n) is 1.50. The maximum absolute atomic E-state index is 5.75. The van der Waals surface area contributed by atoms with Gasteiger partial charge in [-0.1, -0.05) is 43.3 Å². The molecule has 0 saturated carbocycles. The zero-order valence-corrected chi connectivity index (χ0v) is 9.65. The standard InChI is InChI=1S/C14H20O/c1-4-12(2)10-13(3)15-11-14-8-6-5-7-9-14/h4-9,12-13H,1,10-11H2,2-3H3/t12-,13+/m1/s1. The van der Waals surface area contributed by atoms with E-state index in [9.17, 15) is 0 Å². The third-order valence-corrected chi connectivity index (χ3v) is 2.48. The number of ether oxygens (including phenoxy) is 1. The Balaban J connectivity index is 2.28. The third-order valence-electron chi connectivity index (χ3n) is 2.48. The molecule has 15 heavy (non-hydrogen) atoms. The summed E-state index contributed by atoms with van der Waals surface area (Å²) in [6.07, 6.45) is 3.30. The monoisotopic (exact) mass is 204 g/mol. The van der Waals surface area contributed by atoms with Crippen LogP contribution in [0.25, 0.3) is 0 Å². The van der Waals surface area contributed by atoms with Crippen molar-refractivity contribution in [1.29, 1.82) is 0 Å². The predicted molar refractivity (Wildman–Crippen MR) is 64.7 cm³/mol. The van der Waals surface area contributed by atoms with Crippen LogP contribution in [0.2, 0.25) is 0 Å². The molecule has 0 spiro atoms. The van der Waals surface area contributed by atoms with E-state index in [0.29, 0.717) is 18.6 Å². The molecule has 2 atom stereocenters. The van der Waals surface area contributed by atoms with E-state index in [0.717, 1.165) is 6.42 Å². The first-order valence-corrected chi connectivity index (χ1v) is 5.50. The van der Waals surface area contributed by atoms with Crippen LogP contribution in [0.1, 0.15) is 25.8 Å². The Kier molecular flexibility index (Phi) is 5.13. The van der Waals surface area contributed by atoms with Crippen molar-refractivity contribution in [1.82, 2.24) is 0 Å². The Morgan fingerprint density at radius 3 is 2.53 bits per heavy atom. The van der Waals surface area contributed by atoms with Gasteiger partial charge in [-0.25, -0.2) is 0 Å². The molecule has 0 aromatic heterocycles. The number of rotatable bonds is 6. The van der Waals surface area contributed by atoms with Gasteiger partial charge in [0.15, 0.2) is 0 Å². The van der Waals surface area contributed by atoms with Crippen LogP contribution in [0, 0.1) is 5.92 Å². The Bertz CT molecular complexity index is 279. The lowest BCUT2D eigenvalue weighted by atomic mass is 10.1. The molecule has 0 fully saturated rings. The number of benzene rings is 1. The van der Waals surface area contributed by atoms with Crippen molar-refractivity contribution >= 4 is 0 Å². The molecule has 0 heterocycles. The highest BCUT2D eigenvalue weighted by Gasteiger charge is 2.06. The molecule has 0 unspecified atom stereocenters. The molecule has 1 heteroatoms. The van der Waals surface area contributed by atoms with Gasteiger partial charge in [0.25, 0.3) is 0 Å². The summed E-state index contributed by atoms with van der Waals surface area (Å²) in [6, 6.07) is 10.3. The first-order valence-electron chi connectivity index (χ1n) is 5.50. The number of allylic oxidation sites excluding steroid dienone is 1. The molecular weight excluding hydrogens is 184 g/mol. The Morgan fingerprint density at radius 1 is 1.27 bits per heavy atom. The molecule has 1 rings (SSSR count). The molecule has 82 valence electrons. The fraction of sp³-hybridized carbons (Fsp3) is 0.429. The number of hydrogen-bond donors (Lipinski definition) is 0. The second kappa shape index (κ2) is 6.41. The van der Waals surface area contributed by atoms with Crippen LogP contribution in [0.4, 0.5) is 0 Å². The highest BCUT2D eigenvalue weighted by atomic mass is 16.5. The van der Waals surface area contributed by atoms with E-state index in [1.807, 2.05) is 24.3 Å². The van der Waals surface area contributed by atoms with Gasteiger partial charge in [-0.3, -0.25) is 0 Å². The average molecular weight is 204 g/mol. The average Bonchev–Trinajstić information content (AvgIpc) is 2.27. The molecule has 0 bridgehead atoms. The molecular formula is C14H20O. The zero-order chi connectivity index (χ0) is 11.1. The van der Waals surface area contributed by atoms with Crippen LogP contribution in [-0.4, -0.2) is 6.10 Å². The first kappa shape index (κ1) is 12.0. The topological polar surface area (TPSA) is 9.23 Å². The maximum Gasteiger partial charge on any atom is 0.0720 e. The van der Waals surface area contributed by atoms with Crippen LogP contribution in [0.5, 0.6) is 0 Å². The Hall–Kier alpha value is -1.08. The van der Waals surface area contributed by atoms with Gasteiger partial charge < -0.3 is 4.74 Å². The van der Waals surface area contributed by atoms with Crippen molar-refractivity contribution in [2.45, 2.75) is 33.0 Å². The fourth-order valence-corrected chi connectivity index (χ4v) is 1.50. The lowest BCUT2D eigenvalue weighted by molar-refractivity contribution is 0.0418. The molecule has 1 nitrogen and oxygen atoms in total. The SMILES string of the molecule is C=C[C@@H](C)C[C@H](C)OCc1ccccc1. The van der Waals surface area contributed by atoms with E-state index >= 15 is 0 Å². The summed E-state index contributed by atoms with van der Waals surface area (Å²) >= 11 is 0. The summed E-state index contributed by atoms with van der Waals surface area (Å²) in [5.74, 6) is 0.524. The minimum atomic E-state index is 0.290. The maximum atomic E-state index is 5.75. The molecule has 0 aliphatic heterocycles. The second-order valence-electron chi connectivity index (χ2n) is 4.06. The molecule has 1 aromatic rings. The molecule has 0 amide bonds. The van der Waals surface area contributed by atoms with E-state index in [-0.39, 0.29) is 0 Å². The second-order valence-corrected chi connectivity index (χ2v) is 4.06. The van der Waals surface area contributed by atoms with Gasteiger partial charge >= 0.3 is 0 Å². The summed E-state index contributed by atoms with van der Waals surface area (Å²) in [7, 11) is 0. The van der Waals surface area contributed by atoms with Gasteiger partial charge in [0.1, 0.15) is 0 Å². The molecule has 0 aliphatic carbocycles. The van der Waals surface area contributed by atoms with Gasteiger partial charge in [-0.05, 0) is 24.8 Å². The van der Waals surface area contributed by atoms with Gasteiger partial charge in [-0.15, -0.1) is 6.58 Å². The quantitative estimate of drug-likeness (QED) is 0.640. The summed E-state index contributed by atoms with van der Waals surface area (Å²) in [5, 5.41) is 0. The highest BCUT2D eigenvalue weighted by molar-refractivity contribution is 5.13. The van der Waals surface area contributed by atoms with Crippen molar-refractivity contribution in [2.24, 2.45) is 5.92 Å². The third kappa shape index (κ3) is 4.80. The van der Waals surface area contributed by atoms with E-state index in [1.165, 1.54) is 5.56 Å². The van der Waals surface area contributed by atoms with Gasteiger partial charge in [0.2, 0.25) is 0 Å². The van der Waals surface area contributed by atoms with E-state index in [1.54, 1.807) is 0 Å². The van der Waals surface area contributed by atoms with Crippen LogP contribution < -0.4 is 0 Å². The smallest absolute Gasteiger partial charge is 0.0720 e. The normalized spacial score (nSPS) is 14.5. The number of hydrogen-bond acceptors (Lipinski definition) is 1. The molecule has 0 saturated heterocycles. The van der Waals surface area contributed by atoms with Crippen LogP contribution in [0.15, 0.2) is 43.0 Å². The van der Waals surface area contributed by atoms with Gasteiger partial charge in [0, 0.05) is 0 Å². The molecule has 0 radical (unpaired) electrons. The van der Waals surface area contributed by atoms with Gasteiger partial charge in [-0.2, -0.15) is 0 Å². The molecule has 1 aromatic carbocycles. The lowest BCUT2D eigenvalue weighted by Crippen LogP contribution is -2.11. The van der Waals surface area contributed by atoms with Gasteiger partial charge in [0.05, 0.1) is 12.7 Å². The van der Waals surface area contributed by atoms with Crippen molar-refractivity contribution in [3.05, 3.63) is 48.6 Å². The zero-order valence-electron chi connectivity index (χ0n) is 9.65. The Labute approximate surface area is 92.8 Å². The summed E-state index contributed by atoms with van der Waals surface area (Å²) in [4.78, 5) is 0. The molecule has 0 aliphatic rings. The van der Waals surface area contributed by atoms with Crippen LogP contribution in [0.3, 0.4) is 0 Å². The van der Waals surface area contributed by atoms with Crippen molar-refractivity contribution in [3.63, 3.8) is 0 Å². The first-order chi connectivity index (χ1) is 7.22. The highest BCUT2D eigenvalue weighted by Crippen LogP contribution is 2.11. The van der Waals surface area contributed by atoms with E-state index in [2.05, 4.69) is 32.6 Å². The van der Waals surface area contributed by atoms with E-state index in [4.69, 9.17) is 4.74 Å². The summed E-state index contributed by atoms with van der Waals surface area (Å²) in [6.45, 7) is 8.75. The Morgan fingerprint density at radius 2 is 1.93 bits per heavy atom. The predicted octanol–water partition coefficient (Wildman–Crippen LogP) is 3.80. The molecule has 0 N–H and O–H groups in total. The van der Waals surface area contributed by atoms with Crippen molar-refractivity contribution < 1.29 is 4.74 Å². The summed E-state index contributed by atoms with van der Waals surface area (Å²) < 4.78 is 5.75.